The van der Waals surface area contributed by atoms with Crippen molar-refractivity contribution in [3.63, 3.8) is 0 Å². The third-order valence-corrected chi connectivity index (χ3v) is 3.14. The van der Waals surface area contributed by atoms with Crippen LogP contribution in [0.4, 0.5) is 0 Å². The van der Waals surface area contributed by atoms with E-state index >= 15 is 0 Å². The van der Waals surface area contributed by atoms with E-state index in [-0.39, 0.29) is 12.0 Å². The molecule has 0 fully saturated rings. The van der Waals surface area contributed by atoms with E-state index in [1.54, 1.807) is 6.20 Å². The maximum atomic E-state index is 10.1. The first-order valence-electron chi connectivity index (χ1n) is 5.80. The molecule has 3 heteroatoms. The normalized spacial score (nSPS) is 17.1. The standard InChI is InChI=1S/C13H22N2O/c1-10(2)13(4,16)9-15-11(3)12-7-5-6-8-14-12/h5-8,10-11,15-16H,9H2,1-4H3/t11-,13?/m0/s1. The lowest BCUT2D eigenvalue weighted by molar-refractivity contribution is 0.0121. The molecule has 0 bridgehead atoms. The summed E-state index contributed by atoms with van der Waals surface area (Å²) in [6.07, 6.45) is 1.79. The summed E-state index contributed by atoms with van der Waals surface area (Å²) in [5.41, 5.74) is 0.324. The van der Waals surface area contributed by atoms with Crippen LogP contribution in [0.25, 0.3) is 0 Å². The van der Waals surface area contributed by atoms with Gasteiger partial charge in [0.15, 0.2) is 0 Å². The van der Waals surface area contributed by atoms with Gasteiger partial charge in [0, 0.05) is 18.8 Å². The van der Waals surface area contributed by atoms with Gasteiger partial charge in [0.1, 0.15) is 0 Å². The van der Waals surface area contributed by atoms with Gasteiger partial charge in [-0.05, 0) is 31.9 Å². The highest BCUT2D eigenvalue weighted by Crippen LogP contribution is 2.16. The zero-order valence-electron chi connectivity index (χ0n) is 10.6. The summed E-state index contributed by atoms with van der Waals surface area (Å²) in [4.78, 5) is 4.28. The van der Waals surface area contributed by atoms with E-state index in [9.17, 15) is 5.11 Å². The molecular formula is C13H22N2O. The Balaban J connectivity index is 2.51. The minimum absolute atomic E-state index is 0.159. The average molecular weight is 222 g/mol. The number of aliphatic hydroxyl groups is 1. The van der Waals surface area contributed by atoms with Gasteiger partial charge in [-0.25, -0.2) is 0 Å². The maximum Gasteiger partial charge on any atom is 0.0766 e. The molecule has 16 heavy (non-hydrogen) atoms. The van der Waals surface area contributed by atoms with Gasteiger partial charge < -0.3 is 10.4 Å². The van der Waals surface area contributed by atoms with Gasteiger partial charge in [-0.1, -0.05) is 19.9 Å². The Kier molecular flexibility index (Phi) is 4.44. The molecule has 2 atom stereocenters. The van der Waals surface area contributed by atoms with Gasteiger partial charge in [-0.15, -0.1) is 0 Å². The SMILES string of the molecule is CC(C)C(C)(O)CN[C@@H](C)c1ccccn1. The van der Waals surface area contributed by atoms with Crippen molar-refractivity contribution in [2.75, 3.05) is 6.54 Å². The van der Waals surface area contributed by atoms with Crippen molar-refractivity contribution in [1.29, 1.82) is 0 Å². The summed E-state index contributed by atoms with van der Waals surface area (Å²) in [5, 5.41) is 13.4. The molecule has 2 N–H and O–H groups in total. The molecule has 0 aromatic carbocycles. The van der Waals surface area contributed by atoms with E-state index in [0.29, 0.717) is 6.54 Å². The van der Waals surface area contributed by atoms with Gasteiger partial charge >= 0.3 is 0 Å². The Hall–Kier alpha value is -0.930. The zero-order chi connectivity index (χ0) is 12.2. The second-order valence-corrected chi connectivity index (χ2v) is 4.87. The Morgan fingerprint density at radius 1 is 1.38 bits per heavy atom. The fourth-order valence-electron chi connectivity index (χ4n) is 1.30. The predicted molar refractivity (Wildman–Crippen MR) is 66.1 cm³/mol. The van der Waals surface area contributed by atoms with Crippen molar-refractivity contribution in [3.8, 4) is 0 Å². The molecule has 1 rings (SSSR count). The lowest BCUT2D eigenvalue weighted by Crippen LogP contribution is -2.43. The van der Waals surface area contributed by atoms with Crippen molar-refractivity contribution in [2.24, 2.45) is 5.92 Å². The van der Waals surface area contributed by atoms with Gasteiger partial charge in [-0.2, -0.15) is 0 Å². The van der Waals surface area contributed by atoms with Crippen LogP contribution in [-0.2, 0) is 0 Å². The first kappa shape index (κ1) is 13.1. The molecule has 0 aliphatic rings. The third-order valence-electron chi connectivity index (χ3n) is 3.14. The Bertz CT molecular complexity index is 309. The van der Waals surface area contributed by atoms with E-state index < -0.39 is 5.60 Å². The summed E-state index contributed by atoms with van der Waals surface area (Å²) >= 11 is 0. The van der Waals surface area contributed by atoms with Gasteiger partial charge in [0.25, 0.3) is 0 Å². The van der Waals surface area contributed by atoms with Crippen LogP contribution in [-0.4, -0.2) is 22.2 Å². The topological polar surface area (TPSA) is 45.1 Å². The molecule has 0 saturated heterocycles. The summed E-state index contributed by atoms with van der Waals surface area (Å²) in [5.74, 6) is 0.232. The van der Waals surface area contributed by atoms with E-state index in [1.807, 2.05) is 39.0 Å². The lowest BCUT2D eigenvalue weighted by Gasteiger charge is -2.29. The average Bonchev–Trinajstić information content (AvgIpc) is 2.27. The summed E-state index contributed by atoms with van der Waals surface area (Å²) in [6, 6.07) is 6.02. The second-order valence-electron chi connectivity index (χ2n) is 4.87. The van der Waals surface area contributed by atoms with Crippen molar-refractivity contribution in [1.82, 2.24) is 10.3 Å². The first-order valence-corrected chi connectivity index (χ1v) is 5.80. The van der Waals surface area contributed by atoms with Crippen LogP contribution in [0.15, 0.2) is 24.4 Å². The number of aromatic nitrogens is 1. The second kappa shape index (κ2) is 5.41. The van der Waals surface area contributed by atoms with E-state index in [4.69, 9.17) is 0 Å². The van der Waals surface area contributed by atoms with Crippen molar-refractivity contribution in [2.45, 2.75) is 39.3 Å². The molecule has 90 valence electrons. The van der Waals surface area contributed by atoms with Crippen LogP contribution in [0.3, 0.4) is 0 Å². The highest BCUT2D eigenvalue weighted by Gasteiger charge is 2.25. The van der Waals surface area contributed by atoms with E-state index in [1.165, 1.54) is 0 Å². The van der Waals surface area contributed by atoms with Crippen LogP contribution in [0.1, 0.15) is 39.4 Å². The highest BCUT2D eigenvalue weighted by molar-refractivity contribution is 5.07. The summed E-state index contributed by atoms with van der Waals surface area (Å²) in [7, 11) is 0. The molecular weight excluding hydrogens is 200 g/mol. The number of nitrogens with one attached hydrogen (secondary N) is 1. The number of rotatable bonds is 5. The number of pyridine rings is 1. The minimum atomic E-state index is -0.678. The quantitative estimate of drug-likeness (QED) is 0.802. The van der Waals surface area contributed by atoms with Gasteiger partial charge in [-0.3, -0.25) is 4.98 Å². The maximum absolute atomic E-state index is 10.1. The van der Waals surface area contributed by atoms with Crippen LogP contribution in [0, 0.1) is 5.92 Å². The van der Waals surface area contributed by atoms with Crippen LogP contribution >= 0.6 is 0 Å². The lowest BCUT2D eigenvalue weighted by atomic mass is 9.92. The predicted octanol–water partition coefficient (Wildman–Crippen LogP) is 2.14. The number of hydrogen-bond donors (Lipinski definition) is 2. The van der Waals surface area contributed by atoms with Gasteiger partial charge in [0.05, 0.1) is 11.3 Å². The van der Waals surface area contributed by atoms with Crippen LogP contribution in [0.5, 0.6) is 0 Å². The van der Waals surface area contributed by atoms with Crippen LogP contribution < -0.4 is 5.32 Å². The molecule has 1 heterocycles. The highest BCUT2D eigenvalue weighted by atomic mass is 16.3. The molecule has 0 amide bonds. The molecule has 0 saturated carbocycles. The van der Waals surface area contributed by atoms with Gasteiger partial charge in [0.2, 0.25) is 0 Å². The van der Waals surface area contributed by atoms with Crippen molar-refractivity contribution in [3.05, 3.63) is 30.1 Å². The first-order chi connectivity index (χ1) is 7.43. The molecule has 1 aromatic rings. The van der Waals surface area contributed by atoms with E-state index in [0.717, 1.165) is 5.69 Å². The molecule has 0 spiro atoms. The Morgan fingerprint density at radius 3 is 2.56 bits per heavy atom. The number of nitrogens with zero attached hydrogens (tertiary/aromatic N) is 1. The zero-order valence-corrected chi connectivity index (χ0v) is 10.6. The summed E-state index contributed by atoms with van der Waals surface area (Å²) < 4.78 is 0. The molecule has 1 unspecified atom stereocenters. The summed E-state index contributed by atoms with van der Waals surface area (Å²) in [6.45, 7) is 8.52. The molecule has 0 radical (unpaired) electrons. The fourth-order valence-corrected chi connectivity index (χ4v) is 1.30. The van der Waals surface area contributed by atoms with Crippen molar-refractivity contribution < 1.29 is 5.11 Å². The minimum Gasteiger partial charge on any atom is -0.389 e. The molecule has 0 aliphatic carbocycles. The van der Waals surface area contributed by atoms with Crippen LogP contribution in [0.2, 0.25) is 0 Å². The number of hydrogen-bond acceptors (Lipinski definition) is 3. The smallest absolute Gasteiger partial charge is 0.0766 e. The molecule has 3 nitrogen and oxygen atoms in total. The Morgan fingerprint density at radius 2 is 2.06 bits per heavy atom. The monoisotopic (exact) mass is 222 g/mol. The molecule has 1 aromatic heterocycles. The third kappa shape index (κ3) is 3.58. The van der Waals surface area contributed by atoms with Crippen molar-refractivity contribution >= 4 is 0 Å². The molecule has 0 aliphatic heterocycles. The van der Waals surface area contributed by atoms with E-state index in [2.05, 4.69) is 17.2 Å². The fraction of sp³-hybridized carbons (Fsp3) is 0.615. The largest absolute Gasteiger partial charge is 0.389 e. The Labute approximate surface area is 97.9 Å².